The molecule has 29 heavy (non-hydrogen) atoms. The van der Waals surface area contributed by atoms with Crippen LogP contribution in [0.25, 0.3) is 10.2 Å². The van der Waals surface area contributed by atoms with Gasteiger partial charge in [0, 0.05) is 17.7 Å². The molecule has 1 aromatic heterocycles. The number of esters is 1. The minimum Gasteiger partial charge on any atom is -0.486 e. The van der Waals surface area contributed by atoms with E-state index < -0.39 is 5.97 Å². The van der Waals surface area contributed by atoms with E-state index in [0.717, 1.165) is 15.8 Å². The predicted molar refractivity (Wildman–Crippen MR) is 109 cm³/mol. The first kappa shape index (κ1) is 19.2. The predicted octanol–water partition coefficient (Wildman–Crippen LogP) is 3.09. The Balaban J connectivity index is 1.83. The smallest absolute Gasteiger partial charge is 0.326 e. The number of nitrogens with zero attached hydrogens (tertiary/aromatic N) is 2. The first-order chi connectivity index (χ1) is 14.0. The summed E-state index contributed by atoms with van der Waals surface area (Å²) in [5.41, 5.74) is 2.29. The summed E-state index contributed by atoms with van der Waals surface area (Å²) in [5, 5.41) is 0. The van der Waals surface area contributed by atoms with Crippen molar-refractivity contribution in [2.24, 2.45) is 4.99 Å². The fourth-order valence-corrected chi connectivity index (χ4v) is 4.07. The number of ether oxygens (including phenoxy) is 3. The molecule has 0 N–H and O–H groups in total. The number of aryl methyl sites for hydroxylation is 1. The highest BCUT2D eigenvalue weighted by molar-refractivity contribution is 7.16. The van der Waals surface area contributed by atoms with Crippen LogP contribution in [0.4, 0.5) is 0 Å². The summed E-state index contributed by atoms with van der Waals surface area (Å²) in [6.45, 7) is 4.88. The van der Waals surface area contributed by atoms with Crippen molar-refractivity contribution in [2.45, 2.75) is 20.4 Å². The molecule has 8 heteroatoms. The van der Waals surface area contributed by atoms with Gasteiger partial charge in [-0.15, -0.1) is 0 Å². The Kier molecular flexibility index (Phi) is 5.35. The second-order valence-electron chi connectivity index (χ2n) is 6.52. The summed E-state index contributed by atoms with van der Waals surface area (Å²) in [6.07, 6.45) is 0. The SMILES string of the molecule is CCOC(=O)Cn1c(=NC(=O)c2ccc(C)cc2)sc2cc3c(cc21)OCCO3. The maximum absolute atomic E-state index is 12.7. The van der Waals surface area contributed by atoms with E-state index in [0.29, 0.717) is 35.1 Å². The van der Waals surface area contributed by atoms with Crippen molar-refractivity contribution in [2.75, 3.05) is 19.8 Å². The number of thiazole rings is 1. The molecule has 0 fully saturated rings. The molecule has 1 aliphatic rings. The van der Waals surface area contributed by atoms with Gasteiger partial charge in [0.15, 0.2) is 16.3 Å². The maximum atomic E-state index is 12.7. The Bertz CT molecular complexity index is 1140. The number of benzene rings is 2. The fourth-order valence-electron chi connectivity index (χ4n) is 3.03. The number of carbonyl (C=O) groups is 2. The molecule has 0 unspecified atom stereocenters. The fraction of sp³-hybridized carbons (Fsp3) is 0.286. The van der Waals surface area contributed by atoms with E-state index in [1.54, 1.807) is 23.6 Å². The molecule has 0 saturated heterocycles. The van der Waals surface area contributed by atoms with Gasteiger partial charge in [0.1, 0.15) is 19.8 Å². The van der Waals surface area contributed by atoms with Crippen LogP contribution >= 0.6 is 11.3 Å². The monoisotopic (exact) mass is 412 g/mol. The highest BCUT2D eigenvalue weighted by Crippen LogP contribution is 2.35. The van der Waals surface area contributed by atoms with Crippen molar-refractivity contribution in [3.05, 3.63) is 52.3 Å². The Morgan fingerprint density at radius 2 is 1.83 bits per heavy atom. The summed E-state index contributed by atoms with van der Waals surface area (Å²) in [6, 6.07) is 10.9. The van der Waals surface area contributed by atoms with Gasteiger partial charge in [-0.2, -0.15) is 4.99 Å². The van der Waals surface area contributed by atoms with E-state index in [9.17, 15) is 9.59 Å². The van der Waals surface area contributed by atoms with E-state index in [1.807, 2.05) is 31.2 Å². The molecule has 0 aliphatic carbocycles. The van der Waals surface area contributed by atoms with Gasteiger partial charge in [-0.3, -0.25) is 9.59 Å². The molecule has 1 aliphatic heterocycles. The van der Waals surface area contributed by atoms with Crippen molar-refractivity contribution in [1.29, 1.82) is 0 Å². The van der Waals surface area contributed by atoms with E-state index >= 15 is 0 Å². The minimum absolute atomic E-state index is 0.0481. The summed E-state index contributed by atoms with van der Waals surface area (Å²) < 4.78 is 18.9. The molecule has 2 heterocycles. The zero-order valence-corrected chi connectivity index (χ0v) is 17.0. The summed E-state index contributed by atoms with van der Waals surface area (Å²) >= 11 is 1.32. The van der Waals surface area contributed by atoms with E-state index in [4.69, 9.17) is 14.2 Å². The van der Waals surface area contributed by atoms with Crippen LogP contribution in [0.3, 0.4) is 0 Å². The number of hydrogen-bond donors (Lipinski definition) is 0. The first-order valence-electron chi connectivity index (χ1n) is 9.29. The lowest BCUT2D eigenvalue weighted by molar-refractivity contribution is -0.143. The van der Waals surface area contributed by atoms with Crippen LogP contribution in [-0.2, 0) is 16.1 Å². The van der Waals surface area contributed by atoms with Gasteiger partial charge in [-0.05, 0) is 26.0 Å². The standard InChI is InChI=1S/C21H20N2O5S/c1-3-26-19(24)12-23-15-10-16-17(28-9-8-27-16)11-18(15)29-21(23)22-20(25)14-6-4-13(2)5-7-14/h4-7,10-11H,3,8-9,12H2,1-2H3. The largest absolute Gasteiger partial charge is 0.486 e. The zero-order chi connectivity index (χ0) is 20.4. The average Bonchev–Trinajstić information content (AvgIpc) is 3.02. The second kappa shape index (κ2) is 8.08. The molecule has 0 saturated carbocycles. The molecule has 4 rings (SSSR count). The van der Waals surface area contributed by atoms with Crippen LogP contribution < -0.4 is 14.3 Å². The average molecular weight is 412 g/mol. The van der Waals surface area contributed by atoms with Gasteiger partial charge in [0.2, 0.25) is 0 Å². The van der Waals surface area contributed by atoms with Crippen molar-refractivity contribution in [3.8, 4) is 11.5 Å². The highest BCUT2D eigenvalue weighted by atomic mass is 32.1. The molecule has 3 aromatic rings. The quantitative estimate of drug-likeness (QED) is 0.616. The van der Waals surface area contributed by atoms with Gasteiger partial charge < -0.3 is 18.8 Å². The topological polar surface area (TPSA) is 79.1 Å². The third kappa shape index (κ3) is 4.02. The number of rotatable bonds is 4. The Labute approximate surface area is 171 Å². The number of carbonyl (C=O) groups excluding carboxylic acids is 2. The highest BCUT2D eigenvalue weighted by Gasteiger charge is 2.18. The lowest BCUT2D eigenvalue weighted by atomic mass is 10.1. The molecular weight excluding hydrogens is 392 g/mol. The van der Waals surface area contributed by atoms with Crippen LogP contribution in [0.2, 0.25) is 0 Å². The van der Waals surface area contributed by atoms with Crippen LogP contribution in [-0.4, -0.2) is 36.3 Å². The van der Waals surface area contributed by atoms with Crippen molar-refractivity contribution < 1.29 is 23.8 Å². The number of fused-ring (bicyclic) bond motifs is 2. The number of hydrogen-bond acceptors (Lipinski definition) is 6. The van der Waals surface area contributed by atoms with Crippen molar-refractivity contribution >= 4 is 33.4 Å². The third-order valence-electron chi connectivity index (χ3n) is 4.43. The minimum atomic E-state index is -0.397. The number of aromatic nitrogens is 1. The van der Waals surface area contributed by atoms with Gasteiger partial charge >= 0.3 is 5.97 Å². The maximum Gasteiger partial charge on any atom is 0.326 e. The molecule has 150 valence electrons. The van der Waals surface area contributed by atoms with Gasteiger partial charge in [-0.25, -0.2) is 0 Å². The molecule has 2 aromatic carbocycles. The Morgan fingerprint density at radius 3 is 2.52 bits per heavy atom. The Hall–Kier alpha value is -3.13. The number of amides is 1. The summed E-state index contributed by atoms with van der Waals surface area (Å²) in [4.78, 5) is 29.6. The second-order valence-corrected chi connectivity index (χ2v) is 7.53. The van der Waals surface area contributed by atoms with Gasteiger partial charge in [0.25, 0.3) is 5.91 Å². The first-order valence-corrected chi connectivity index (χ1v) is 10.1. The summed E-state index contributed by atoms with van der Waals surface area (Å²) in [7, 11) is 0. The van der Waals surface area contributed by atoms with Crippen LogP contribution in [0.1, 0.15) is 22.8 Å². The van der Waals surface area contributed by atoms with E-state index in [-0.39, 0.29) is 19.1 Å². The molecule has 1 amide bonds. The zero-order valence-electron chi connectivity index (χ0n) is 16.1. The van der Waals surface area contributed by atoms with Crippen LogP contribution in [0.5, 0.6) is 11.5 Å². The Morgan fingerprint density at radius 1 is 1.14 bits per heavy atom. The van der Waals surface area contributed by atoms with Gasteiger partial charge in [0.05, 0.1) is 16.8 Å². The molecule has 0 bridgehead atoms. The van der Waals surface area contributed by atoms with Crippen LogP contribution in [0.15, 0.2) is 41.4 Å². The van der Waals surface area contributed by atoms with Gasteiger partial charge in [-0.1, -0.05) is 29.0 Å². The van der Waals surface area contributed by atoms with E-state index in [2.05, 4.69) is 4.99 Å². The molecular formula is C21H20N2O5S. The molecule has 0 spiro atoms. The van der Waals surface area contributed by atoms with E-state index in [1.165, 1.54) is 11.3 Å². The molecule has 0 radical (unpaired) electrons. The normalized spacial score (nSPS) is 13.5. The van der Waals surface area contributed by atoms with Crippen LogP contribution in [0, 0.1) is 6.92 Å². The molecule has 7 nitrogen and oxygen atoms in total. The lowest BCUT2D eigenvalue weighted by Gasteiger charge is -2.18. The van der Waals surface area contributed by atoms with Crippen molar-refractivity contribution in [3.63, 3.8) is 0 Å². The third-order valence-corrected chi connectivity index (χ3v) is 5.48. The lowest BCUT2D eigenvalue weighted by Crippen LogP contribution is -2.23. The summed E-state index contributed by atoms with van der Waals surface area (Å²) in [5.74, 6) is 0.484. The molecule has 0 atom stereocenters. The van der Waals surface area contributed by atoms with Crippen molar-refractivity contribution in [1.82, 2.24) is 4.57 Å².